The number of ether oxygens (including phenoxy) is 1. The van der Waals surface area contributed by atoms with Gasteiger partial charge in [0.1, 0.15) is 5.75 Å². The Morgan fingerprint density at radius 3 is 2.71 bits per heavy atom. The number of carbonyl (C=O) groups is 1. The number of amides is 1. The largest absolute Gasteiger partial charge is 0.436 e. The summed E-state index contributed by atoms with van der Waals surface area (Å²) in [5.41, 5.74) is 2.25. The first kappa shape index (κ1) is 23.1. The molecule has 0 aliphatic carbocycles. The van der Waals surface area contributed by atoms with Crippen LogP contribution in [0.1, 0.15) is 0 Å². The lowest BCUT2D eigenvalue weighted by Crippen LogP contribution is -2.43. The van der Waals surface area contributed by atoms with Gasteiger partial charge in [-0.25, -0.2) is 4.98 Å². The molecule has 4 rings (SSSR count). The number of nitrogens with one attached hydrogen (secondary N) is 2. The van der Waals surface area contributed by atoms with E-state index in [-0.39, 0.29) is 23.5 Å². The highest BCUT2D eigenvalue weighted by atomic mass is 19.1. The minimum atomic E-state index is -0.741. The summed E-state index contributed by atoms with van der Waals surface area (Å²) in [5.74, 6) is -1.00. The Morgan fingerprint density at radius 1 is 1.24 bits per heavy atom. The molecule has 0 spiro atoms. The van der Waals surface area contributed by atoms with E-state index in [2.05, 4.69) is 32.1 Å². The van der Waals surface area contributed by atoms with Crippen LogP contribution in [0.25, 0.3) is 0 Å². The Morgan fingerprint density at radius 2 is 2.00 bits per heavy atom. The molecular formula is C24H25FN6O3. The maximum absolute atomic E-state index is 14.4. The summed E-state index contributed by atoms with van der Waals surface area (Å²) in [6, 6.07) is 14.3. The van der Waals surface area contributed by atoms with Gasteiger partial charge in [-0.2, -0.15) is 14.4 Å². The molecule has 10 heteroatoms. The number of rotatable bonds is 8. The van der Waals surface area contributed by atoms with Gasteiger partial charge in [-0.05, 0) is 42.5 Å². The lowest BCUT2D eigenvalue weighted by molar-refractivity contribution is -0.111. The van der Waals surface area contributed by atoms with Crippen molar-refractivity contribution >= 4 is 28.9 Å². The molecule has 3 aromatic rings. The summed E-state index contributed by atoms with van der Waals surface area (Å²) in [7, 11) is 1.48. The van der Waals surface area contributed by atoms with Crippen LogP contribution in [0.5, 0.6) is 11.6 Å². The number of carbonyl (C=O) groups excluding carboxylic acids is 1. The summed E-state index contributed by atoms with van der Waals surface area (Å²) in [6.07, 6.45) is 2.17. The topological polar surface area (TPSA) is 91.8 Å². The van der Waals surface area contributed by atoms with Crippen molar-refractivity contribution in [3.63, 3.8) is 0 Å². The van der Waals surface area contributed by atoms with E-state index in [1.807, 2.05) is 24.3 Å². The second kappa shape index (κ2) is 10.7. The fourth-order valence-corrected chi connectivity index (χ4v) is 3.48. The van der Waals surface area contributed by atoms with Crippen LogP contribution in [0.2, 0.25) is 0 Å². The van der Waals surface area contributed by atoms with Gasteiger partial charge in [0.15, 0.2) is 0 Å². The molecule has 1 saturated heterocycles. The minimum absolute atomic E-state index is 0.102. The number of aromatic nitrogens is 2. The fourth-order valence-electron chi connectivity index (χ4n) is 3.48. The Hall–Kier alpha value is -4.02. The molecule has 0 unspecified atom stereocenters. The maximum atomic E-state index is 14.4. The SMILES string of the molecule is C=CC(=O)Nc1cccc(Oc2nc(N(OC)c3ccc(N4CCNCC4)cc3)ncc2F)c1. The molecule has 1 aliphatic rings. The molecule has 34 heavy (non-hydrogen) atoms. The summed E-state index contributed by atoms with van der Waals surface area (Å²) >= 11 is 0. The van der Waals surface area contributed by atoms with E-state index >= 15 is 0 Å². The molecule has 1 aromatic heterocycles. The van der Waals surface area contributed by atoms with Crippen molar-refractivity contribution in [2.24, 2.45) is 0 Å². The molecule has 2 heterocycles. The number of piperazine rings is 1. The zero-order valence-corrected chi connectivity index (χ0v) is 18.7. The predicted molar refractivity (Wildman–Crippen MR) is 128 cm³/mol. The predicted octanol–water partition coefficient (Wildman–Crippen LogP) is 3.64. The van der Waals surface area contributed by atoms with Crippen LogP contribution in [0.3, 0.4) is 0 Å². The third-order valence-electron chi connectivity index (χ3n) is 5.13. The van der Waals surface area contributed by atoms with Crippen LogP contribution in [0.4, 0.5) is 27.4 Å². The number of halogens is 1. The molecule has 2 aromatic carbocycles. The first-order valence-corrected chi connectivity index (χ1v) is 10.7. The van der Waals surface area contributed by atoms with Crippen molar-refractivity contribution in [2.45, 2.75) is 0 Å². The Balaban J connectivity index is 1.54. The van der Waals surface area contributed by atoms with E-state index in [9.17, 15) is 9.18 Å². The van der Waals surface area contributed by atoms with Gasteiger partial charge in [0.25, 0.3) is 11.8 Å². The van der Waals surface area contributed by atoms with E-state index in [0.29, 0.717) is 11.4 Å². The van der Waals surface area contributed by atoms with Gasteiger partial charge in [-0.15, -0.1) is 0 Å². The molecule has 1 aliphatic heterocycles. The Kier molecular flexibility index (Phi) is 7.31. The second-order valence-corrected chi connectivity index (χ2v) is 7.38. The van der Waals surface area contributed by atoms with Gasteiger partial charge in [0, 0.05) is 43.6 Å². The van der Waals surface area contributed by atoms with Gasteiger partial charge < -0.3 is 20.3 Å². The molecule has 0 radical (unpaired) electrons. The highest BCUT2D eigenvalue weighted by Crippen LogP contribution is 2.29. The third-order valence-corrected chi connectivity index (χ3v) is 5.13. The lowest BCUT2D eigenvalue weighted by atomic mass is 10.2. The monoisotopic (exact) mass is 464 g/mol. The zero-order valence-electron chi connectivity index (χ0n) is 18.7. The number of hydrogen-bond donors (Lipinski definition) is 2. The van der Waals surface area contributed by atoms with Gasteiger partial charge in [0.2, 0.25) is 11.7 Å². The smallest absolute Gasteiger partial charge is 0.260 e. The van der Waals surface area contributed by atoms with Crippen LogP contribution in [-0.2, 0) is 9.63 Å². The first-order valence-electron chi connectivity index (χ1n) is 10.7. The van der Waals surface area contributed by atoms with Gasteiger partial charge in [-0.3, -0.25) is 9.63 Å². The quantitative estimate of drug-likeness (QED) is 0.386. The van der Waals surface area contributed by atoms with Gasteiger partial charge >= 0.3 is 0 Å². The van der Waals surface area contributed by atoms with Crippen molar-refractivity contribution in [3.05, 3.63) is 73.2 Å². The minimum Gasteiger partial charge on any atom is -0.436 e. The van der Waals surface area contributed by atoms with Crippen LogP contribution < -0.4 is 25.3 Å². The van der Waals surface area contributed by atoms with E-state index in [0.717, 1.165) is 44.1 Å². The van der Waals surface area contributed by atoms with Crippen molar-refractivity contribution in [1.82, 2.24) is 15.3 Å². The number of hydrogen-bond acceptors (Lipinski definition) is 8. The van der Waals surface area contributed by atoms with E-state index in [4.69, 9.17) is 9.57 Å². The molecule has 2 N–H and O–H groups in total. The third kappa shape index (κ3) is 5.48. The van der Waals surface area contributed by atoms with Crippen LogP contribution in [-0.4, -0.2) is 49.2 Å². The molecule has 176 valence electrons. The highest BCUT2D eigenvalue weighted by Gasteiger charge is 2.18. The molecular weight excluding hydrogens is 439 g/mol. The van der Waals surface area contributed by atoms with Gasteiger partial charge in [-0.1, -0.05) is 12.6 Å². The average molecular weight is 465 g/mol. The summed E-state index contributed by atoms with van der Waals surface area (Å²) in [5, 5.41) is 7.34. The molecule has 9 nitrogen and oxygen atoms in total. The van der Waals surface area contributed by atoms with Crippen molar-refractivity contribution in [1.29, 1.82) is 0 Å². The highest BCUT2D eigenvalue weighted by molar-refractivity contribution is 5.98. The average Bonchev–Trinajstić information content (AvgIpc) is 2.87. The Bertz CT molecular complexity index is 1150. The van der Waals surface area contributed by atoms with Crippen LogP contribution in [0, 0.1) is 5.82 Å². The van der Waals surface area contributed by atoms with Crippen molar-refractivity contribution < 1.29 is 18.8 Å². The first-order chi connectivity index (χ1) is 16.6. The van der Waals surface area contributed by atoms with E-state index in [1.54, 1.807) is 24.3 Å². The van der Waals surface area contributed by atoms with Crippen LogP contribution >= 0.6 is 0 Å². The zero-order chi connectivity index (χ0) is 23.9. The van der Waals surface area contributed by atoms with Crippen LogP contribution in [0.15, 0.2) is 67.4 Å². The molecule has 1 amide bonds. The normalized spacial score (nSPS) is 13.3. The number of anilines is 4. The molecule has 0 saturated carbocycles. The fraction of sp³-hybridized carbons (Fsp3) is 0.208. The summed E-state index contributed by atoms with van der Waals surface area (Å²) < 4.78 is 20.1. The maximum Gasteiger partial charge on any atom is 0.260 e. The molecule has 0 atom stereocenters. The summed E-state index contributed by atoms with van der Waals surface area (Å²) in [6.45, 7) is 7.18. The summed E-state index contributed by atoms with van der Waals surface area (Å²) in [4.78, 5) is 27.6. The molecule has 1 fully saturated rings. The van der Waals surface area contributed by atoms with E-state index in [1.165, 1.54) is 12.2 Å². The second-order valence-electron chi connectivity index (χ2n) is 7.38. The molecule has 0 bridgehead atoms. The van der Waals surface area contributed by atoms with E-state index < -0.39 is 5.82 Å². The number of benzene rings is 2. The van der Waals surface area contributed by atoms with Gasteiger partial charge in [0.05, 0.1) is 19.0 Å². The van der Waals surface area contributed by atoms with Crippen molar-refractivity contribution in [2.75, 3.05) is 48.6 Å². The number of nitrogens with zero attached hydrogens (tertiary/aromatic N) is 4. The standard InChI is InChI=1S/C24H25FN6O3/c1-3-22(32)28-17-5-4-6-20(15-17)34-23-21(25)16-27-24(29-23)31(33-2)19-9-7-18(8-10-19)30-13-11-26-12-14-30/h3-10,15-16,26H,1,11-14H2,2H3,(H,28,32). The Labute approximate surface area is 196 Å². The lowest BCUT2D eigenvalue weighted by Gasteiger charge is -2.30. The van der Waals surface area contributed by atoms with Crippen molar-refractivity contribution in [3.8, 4) is 11.6 Å².